The molecule has 2 amide bonds. The number of hydrogen-bond acceptors (Lipinski definition) is 4. The van der Waals surface area contributed by atoms with Crippen molar-refractivity contribution >= 4 is 11.8 Å². The van der Waals surface area contributed by atoms with Crippen molar-refractivity contribution < 1.29 is 14.3 Å². The van der Waals surface area contributed by atoms with Crippen LogP contribution in [0.1, 0.15) is 43.0 Å². The predicted octanol–water partition coefficient (Wildman–Crippen LogP) is 2.40. The molecule has 0 radical (unpaired) electrons. The van der Waals surface area contributed by atoms with E-state index in [1.54, 1.807) is 14.2 Å². The number of carbonyl (C=O) groups excluding carboxylic acids is 2. The van der Waals surface area contributed by atoms with Crippen LogP contribution in [0.5, 0.6) is 5.75 Å². The quantitative estimate of drug-likeness (QED) is 0.845. The van der Waals surface area contributed by atoms with Crippen molar-refractivity contribution in [1.82, 2.24) is 15.1 Å². The van der Waals surface area contributed by atoms with E-state index in [4.69, 9.17) is 4.74 Å². The number of ether oxygens (including phenoxy) is 1. The first-order valence-corrected chi connectivity index (χ1v) is 10.9. The predicted molar refractivity (Wildman–Crippen MR) is 112 cm³/mol. The number of amides is 2. The average molecular weight is 400 g/mol. The number of nitrogens with one attached hydrogen (secondary N) is 1. The highest BCUT2D eigenvalue weighted by atomic mass is 16.5. The highest BCUT2D eigenvalue weighted by Gasteiger charge is 2.63. The number of nitrogens with zero attached hydrogens (tertiary/aromatic N) is 2. The van der Waals surface area contributed by atoms with E-state index in [0.717, 1.165) is 64.2 Å². The van der Waals surface area contributed by atoms with Gasteiger partial charge in [-0.15, -0.1) is 0 Å². The van der Waals surface area contributed by atoms with Crippen molar-refractivity contribution in [1.29, 1.82) is 0 Å². The summed E-state index contributed by atoms with van der Waals surface area (Å²) in [7, 11) is 3.40. The first-order valence-electron chi connectivity index (χ1n) is 10.9. The van der Waals surface area contributed by atoms with E-state index in [0.29, 0.717) is 11.5 Å². The number of fused-ring (bicyclic) bond motifs is 2. The lowest BCUT2D eigenvalue weighted by Crippen LogP contribution is -2.49. The Kier molecular flexibility index (Phi) is 5.32. The molecular formula is C23H33N3O3. The topological polar surface area (TPSA) is 61.9 Å². The standard InChI is InChI=1S/C23H33N3O3/c1-4-25-15-19-22(9-10-23(19,16-25)21(28)24-2)11-13-26(14-12-22)20(27)17-5-7-18(29-3)8-6-17/h5-8,19H,4,9-16H2,1-3H3,(H,24,28)/t19-,23+/m0/s1. The van der Waals surface area contributed by atoms with E-state index >= 15 is 0 Å². The summed E-state index contributed by atoms with van der Waals surface area (Å²) in [6.45, 7) is 6.61. The van der Waals surface area contributed by atoms with Gasteiger partial charge >= 0.3 is 0 Å². The molecule has 1 saturated carbocycles. The van der Waals surface area contributed by atoms with E-state index in [9.17, 15) is 9.59 Å². The molecule has 6 heteroatoms. The van der Waals surface area contributed by atoms with Crippen LogP contribution in [0.15, 0.2) is 24.3 Å². The number of carbonyl (C=O) groups is 2. The summed E-state index contributed by atoms with van der Waals surface area (Å²) in [5.74, 6) is 1.47. The van der Waals surface area contributed by atoms with Crippen molar-refractivity contribution in [3.8, 4) is 5.75 Å². The van der Waals surface area contributed by atoms with Crippen LogP contribution in [0.3, 0.4) is 0 Å². The van der Waals surface area contributed by atoms with Crippen LogP contribution in [0.4, 0.5) is 0 Å². The number of rotatable bonds is 4. The first kappa shape index (κ1) is 20.2. The number of hydrogen-bond donors (Lipinski definition) is 1. The highest BCUT2D eigenvalue weighted by Crippen LogP contribution is 2.62. The lowest BCUT2D eigenvalue weighted by Gasteiger charge is -2.44. The van der Waals surface area contributed by atoms with E-state index in [1.807, 2.05) is 29.2 Å². The van der Waals surface area contributed by atoms with Crippen LogP contribution >= 0.6 is 0 Å². The molecule has 2 aliphatic heterocycles. The molecule has 2 atom stereocenters. The van der Waals surface area contributed by atoms with Crippen LogP contribution in [-0.4, -0.2) is 68.5 Å². The zero-order chi connectivity index (χ0) is 20.6. The van der Waals surface area contributed by atoms with Gasteiger partial charge in [0, 0.05) is 38.8 Å². The second-order valence-electron chi connectivity index (χ2n) is 9.00. The van der Waals surface area contributed by atoms with Crippen LogP contribution < -0.4 is 10.1 Å². The number of methoxy groups -OCH3 is 1. The zero-order valence-corrected chi connectivity index (χ0v) is 17.9. The van der Waals surface area contributed by atoms with E-state index < -0.39 is 0 Å². The Morgan fingerprint density at radius 2 is 1.83 bits per heavy atom. The number of benzene rings is 1. The normalized spacial score (nSPS) is 28.4. The first-order chi connectivity index (χ1) is 14.0. The molecule has 2 saturated heterocycles. The maximum Gasteiger partial charge on any atom is 0.253 e. The summed E-state index contributed by atoms with van der Waals surface area (Å²) in [5.41, 5.74) is 0.658. The zero-order valence-electron chi connectivity index (χ0n) is 17.9. The molecular weight excluding hydrogens is 366 g/mol. The van der Waals surface area contributed by atoms with Gasteiger partial charge < -0.3 is 19.9 Å². The Bertz CT molecular complexity index is 770. The Labute approximate surface area is 173 Å². The molecule has 1 aromatic carbocycles. The summed E-state index contributed by atoms with van der Waals surface area (Å²) in [4.78, 5) is 30.3. The molecule has 1 aromatic rings. The van der Waals surface area contributed by atoms with E-state index in [-0.39, 0.29) is 22.6 Å². The maximum atomic E-state index is 13.0. The van der Waals surface area contributed by atoms with Gasteiger partial charge in [0.15, 0.2) is 0 Å². The molecule has 1 aliphatic carbocycles. The highest BCUT2D eigenvalue weighted by molar-refractivity contribution is 5.94. The number of likely N-dealkylation sites (tertiary alicyclic amines) is 2. The molecule has 3 fully saturated rings. The van der Waals surface area contributed by atoms with Crippen molar-refractivity contribution in [2.24, 2.45) is 16.7 Å². The van der Waals surface area contributed by atoms with Crippen molar-refractivity contribution in [2.75, 3.05) is 46.9 Å². The second kappa shape index (κ2) is 7.63. The van der Waals surface area contributed by atoms with Gasteiger partial charge in [-0.25, -0.2) is 0 Å². The van der Waals surface area contributed by atoms with Crippen LogP contribution in [0.25, 0.3) is 0 Å². The molecule has 1 spiro atoms. The van der Waals surface area contributed by atoms with Gasteiger partial charge in [-0.2, -0.15) is 0 Å². The average Bonchev–Trinajstić information content (AvgIpc) is 3.30. The molecule has 0 aromatic heterocycles. The van der Waals surface area contributed by atoms with Crippen molar-refractivity contribution in [3.05, 3.63) is 29.8 Å². The molecule has 0 unspecified atom stereocenters. The smallest absolute Gasteiger partial charge is 0.253 e. The monoisotopic (exact) mass is 399 g/mol. The van der Waals surface area contributed by atoms with Crippen molar-refractivity contribution in [2.45, 2.75) is 32.6 Å². The van der Waals surface area contributed by atoms with Gasteiger partial charge in [-0.1, -0.05) is 6.92 Å². The minimum absolute atomic E-state index is 0.0969. The minimum atomic E-state index is -0.243. The van der Waals surface area contributed by atoms with Gasteiger partial charge in [-0.3, -0.25) is 9.59 Å². The molecule has 29 heavy (non-hydrogen) atoms. The Morgan fingerprint density at radius 1 is 1.14 bits per heavy atom. The fourth-order valence-corrected chi connectivity index (χ4v) is 6.19. The lowest BCUT2D eigenvalue weighted by molar-refractivity contribution is -0.132. The van der Waals surface area contributed by atoms with Crippen LogP contribution in [-0.2, 0) is 4.79 Å². The van der Waals surface area contributed by atoms with E-state index in [1.165, 1.54) is 0 Å². The van der Waals surface area contributed by atoms with Gasteiger partial charge in [-0.05, 0) is 67.8 Å². The number of piperidine rings is 1. The summed E-state index contributed by atoms with van der Waals surface area (Å²) in [5, 5.41) is 2.95. The van der Waals surface area contributed by atoms with E-state index in [2.05, 4.69) is 17.1 Å². The fourth-order valence-electron chi connectivity index (χ4n) is 6.19. The third-order valence-corrected chi connectivity index (χ3v) is 7.93. The summed E-state index contributed by atoms with van der Waals surface area (Å²) < 4.78 is 5.19. The third-order valence-electron chi connectivity index (χ3n) is 7.93. The fraction of sp³-hybridized carbons (Fsp3) is 0.652. The van der Waals surface area contributed by atoms with Gasteiger partial charge in [0.2, 0.25) is 5.91 Å². The summed E-state index contributed by atoms with van der Waals surface area (Å²) >= 11 is 0. The summed E-state index contributed by atoms with van der Waals surface area (Å²) in [6.07, 6.45) is 4.07. The van der Waals surface area contributed by atoms with Gasteiger partial charge in [0.25, 0.3) is 5.91 Å². The lowest BCUT2D eigenvalue weighted by atomic mass is 9.65. The Morgan fingerprint density at radius 3 is 2.41 bits per heavy atom. The molecule has 2 heterocycles. The Hall–Kier alpha value is -2.08. The minimum Gasteiger partial charge on any atom is -0.497 e. The van der Waals surface area contributed by atoms with Gasteiger partial charge in [0.05, 0.1) is 12.5 Å². The Balaban J connectivity index is 1.48. The van der Waals surface area contributed by atoms with Crippen molar-refractivity contribution in [3.63, 3.8) is 0 Å². The molecule has 1 N–H and O–H groups in total. The molecule has 6 nitrogen and oxygen atoms in total. The molecule has 158 valence electrons. The molecule has 0 bridgehead atoms. The molecule has 3 aliphatic rings. The second-order valence-corrected chi connectivity index (χ2v) is 9.00. The largest absolute Gasteiger partial charge is 0.497 e. The third kappa shape index (κ3) is 3.21. The SMILES string of the molecule is CCN1C[C@H]2C3(CCN(C(=O)c4ccc(OC)cc4)CC3)CC[C@@]2(C(=O)NC)C1. The summed E-state index contributed by atoms with van der Waals surface area (Å²) in [6, 6.07) is 7.36. The maximum absolute atomic E-state index is 13.0. The van der Waals surface area contributed by atoms with Crippen LogP contribution in [0.2, 0.25) is 0 Å². The molecule has 4 rings (SSSR count). The van der Waals surface area contributed by atoms with Crippen LogP contribution in [0, 0.1) is 16.7 Å². The van der Waals surface area contributed by atoms with Gasteiger partial charge in [0.1, 0.15) is 5.75 Å².